The molecule has 0 N–H and O–H groups in total. The van der Waals surface area contributed by atoms with Gasteiger partial charge in [0.1, 0.15) is 0 Å². The van der Waals surface area contributed by atoms with Crippen LogP contribution in [0.2, 0.25) is 0 Å². The predicted molar refractivity (Wildman–Crippen MR) is 231 cm³/mol. The van der Waals surface area contributed by atoms with Crippen molar-refractivity contribution in [2.75, 3.05) is 33.4 Å². The van der Waals surface area contributed by atoms with Crippen LogP contribution in [0.4, 0.5) is 0 Å². The summed E-state index contributed by atoms with van der Waals surface area (Å²) in [6.45, 7) is 14.9. The molecule has 53 heavy (non-hydrogen) atoms. The molecule has 0 aliphatic heterocycles. The van der Waals surface area contributed by atoms with Gasteiger partial charge in [-0.15, -0.1) is 0 Å². The van der Waals surface area contributed by atoms with Gasteiger partial charge in [-0.05, 0) is 70.0 Å². The Labute approximate surface area is 332 Å². The van der Waals surface area contributed by atoms with Crippen LogP contribution in [-0.2, 0) is 19.1 Å². The van der Waals surface area contributed by atoms with E-state index in [0.717, 1.165) is 62.8 Å². The molecule has 0 aromatic heterocycles. The molecule has 316 valence electrons. The standard InChI is InChI=1S/C48H95NO4/c1-7-12-30-45(31-13-8-2)39-42-52-47(50)36-28-24-20-16-18-22-26-34-44(38-41-49(6)11-5)35-27-23-19-17-21-25-29-37-48(51)53-43-40-46(32-14-9-3)33-15-10-4/h44-46H,7-43H2,1-6H3. The van der Waals surface area contributed by atoms with Gasteiger partial charge in [-0.1, -0.05) is 202 Å². The molecule has 0 saturated carbocycles. The highest BCUT2D eigenvalue weighted by Crippen LogP contribution is 2.24. The predicted octanol–water partition coefficient (Wildman–Crippen LogP) is 14.8. The van der Waals surface area contributed by atoms with Crippen LogP contribution in [0.5, 0.6) is 0 Å². The summed E-state index contributed by atoms with van der Waals surface area (Å²) < 4.78 is 11.2. The zero-order valence-corrected chi connectivity index (χ0v) is 37.0. The third-order valence-electron chi connectivity index (χ3n) is 11.9. The Bertz CT molecular complexity index is 701. The van der Waals surface area contributed by atoms with E-state index in [-0.39, 0.29) is 11.9 Å². The first kappa shape index (κ1) is 51.9. The van der Waals surface area contributed by atoms with Gasteiger partial charge in [0, 0.05) is 12.8 Å². The normalized spacial score (nSPS) is 11.8. The molecule has 0 unspecified atom stereocenters. The fraction of sp³-hybridized carbons (Fsp3) is 0.958. The van der Waals surface area contributed by atoms with Gasteiger partial charge in [0.2, 0.25) is 0 Å². The smallest absolute Gasteiger partial charge is 0.305 e. The zero-order valence-electron chi connectivity index (χ0n) is 37.0. The number of esters is 2. The number of unbranched alkanes of at least 4 members (excludes halogenated alkanes) is 16. The summed E-state index contributed by atoms with van der Waals surface area (Å²) in [5.41, 5.74) is 0. The Morgan fingerprint density at radius 2 is 0.698 bits per heavy atom. The fourth-order valence-electron chi connectivity index (χ4n) is 7.83. The molecule has 0 saturated heterocycles. The molecular weight excluding hydrogens is 655 g/mol. The molecule has 0 radical (unpaired) electrons. The van der Waals surface area contributed by atoms with Crippen molar-refractivity contribution < 1.29 is 19.1 Å². The molecule has 0 rings (SSSR count). The van der Waals surface area contributed by atoms with Crippen LogP contribution in [0, 0.1) is 17.8 Å². The average Bonchev–Trinajstić information content (AvgIpc) is 3.16. The first-order valence-electron chi connectivity index (χ1n) is 23.9. The van der Waals surface area contributed by atoms with E-state index >= 15 is 0 Å². The van der Waals surface area contributed by atoms with Gasteiger partial charge in [-0.3, -0.25) is 9.59 Å². The molecule has 0 aromatic rings. The molecule has 0 spiro atoms. The lowest BCUT2D eigenvalue weighted by atomic mass is 9.91. The Hall–Kier alpha value is -1.10. The first-order chi connectivity index (χ1) is 25.9. The number of carbonyl (C=O) groups excluding carboxylic acids is 2. The number of carbonyl (C=O) groups is 2. The summed E-state index contributed by atoms with van der Waals surface area (Å²) in [6, 6.07) is 0. The monoisotopic (exact) mass is 750 g/mol. The van der Waals surface area contributed by atoms with E-state index in [0.29, 0.717) is 26.1 Å². The summed E-state index contributed by atoms with van der Waals surface area (Å²) in [6.07, 6.45) is 40.2. The lowest BCUT2D eigenvalue weighted by Gasteiger charge is -2.21. The van der Waals surface area contributed by atoms with Gasteiger partial charge in [0.05, 0.1) is 13.2 Å². The summed E-state index contributed by atoms with van der Waals surface area (Å²) >= 11 is 0. The van der Waals surface area contributed by atoms with Crippen LogP contribution in [0.15, 0.2) is 0 Å². The minimum atomic E-state index is 0.0164. The molecule has 5 nitrogen and oxygen atoms in total. The molecule has 0 fully saturated rings. The SMILES string of the molecule is CCCCC(CCCC)CCOC(=O)CCCCCCCCCC(CCCCCCCCCC(=O)OCCC(CCCC)CCCC)CCN(C)CC. The number of hydrogen-bond donors (Lipinski definition) is 0. The highest BCUT2D eigenvalue weighted by atomic mass is 16.5. The van der Waals surface area contributed by atoms with E-state index in [1.807, 2.05) is 0 Å². The lowest BCUT2D eigenvalue weighted by molar-refractivity contribution is -0.145. The first-order valence-corrected chi connectivity index (χ1v) is 23.9. The largest absolute Gasteiger partial charge is 0.466 e. The van der Waals surface area contributed by atoms with Gasteiger partial charge < -0.3 is 14.4 Å². The van der Waals surface area contributed by atoms with Gasteiger partial charge in [0.15, 0.2) is 0 Å². The molecule has 5 heteroatoms. The van der Waals surface area contributed by atoms with Gasteiger partial charge >= 0.3 is 11.9 Å². The average molecular weight is 750 g/mol. The minimum absolute atomic E-state index is 0.0164. The van der Waals surface area contributed by atoms with E-state index in [9.17, 15) is 9.59 Å². The van der Waals surface area contributed by atoms with Crippen molar-refractivity contribution in [3.8, 4) is 0 Å². The minimum Gasteiger partial charge on any atom is -0.466 e. The third kappa shape index (κ3) is 36.3. The highest BCUT2D eigenvalue weighted by Gasteiger charge is 2.13. The van der Waals surface area contributed by atoms with Crippen molar-refractivity contribution in [2.45, 2.75) is 247 Å². The Morgan fingerprint density at radius 3 is 1.04 bits per heavy atom. The van der Waals surface area contributed by atoms with E-state index in [4.69, 9.17) is 9.47 Å². The topological polar surface area (TPSA) is 55.8 Å². The number of hydrogen-bond acceptors (Lipinski definition) is 5. The van der Waals surface area contributed by atoms with Crippen molar-refractivity contribution in [2.24, 2.45) is 17.8 Å². The molecule has 0 aromatic carbocycles. The highest BCUT2D eigenvalue weighted by molar-refractivity contribution is 5.69. The van der Waals surface area contributed by atoms with Gasteiger partial charge in [0.25, 0.3) is 0 Å². The Balaban J connectivity index is 3.96. The summed E-state index contributed by atoms with van der Waals surface area (Å²) in [7, 11) is 2.26. The zero-order chi connectivity index (χ0) is 39.0. The maximum atomic E-state index is 12.2. The van der Waals surface area contributed by atoms with Crippen LogP contribution in [0.25, 0.3) is 0 Å². The second-order valence-corrected chi connectivity index (χ2v) is 16.9. The van der Waals surface area contributed by atoms with Crippen molar-refractivity contribution in [1.29, 1.82) is 0 Å². The number of ether oxygens (including phenoxy) is 2. The van der Waals surface area contributed by atoms with E-state index in [2.05, 4.69) is 46.6 Å². The second kappa shape index (κ2) is 40.6. The number of nitrogens with zero attached hydrogens (tertiary/aromatic N) is 1. The van der Waals surface area contributed by atoms with E-state index in [1.54, 1.807) is 0 Å². The van der Waals surface area contributed by atoms with Crippen molar-refractivity contribution in [3.05, 3.63) is 0 Å². The maximum absolute atomic E-state index is 12.2. The lowest BCUT2D eigenvalue weighted by Crippen LogP contribution is -2.21. The summed E-state index contributed by atoms with van der Waals surface area (Å²) in [5, 5.41) is 0. The molecule has 0 aliphatic rings. The molecule has 0 aliphatic carbocycles. The van der Waals surface area contributed by atoms with Crippen LogP contribution < -0.4 is 0 Å². The number of rotatable bonds is 42. The molecule has 0 heterocycles. The Morgan fingerprint density at radius 1 is 0.396 bits per heavy atom. The Kier molecular flexibility index (Phi) is 39.7. The maximum Gasteiger partial charge on any atom is 0.305 e. The van der Waals surface area contributed by atoms with Crippen molar-refractivity contribution in [1.82, 2.24) is 4.90 Å². The third-order valence-corrected chi connectivity index (χ3v) is 11.9. The van der Waals surface area contributed by atoms with Crippen LogP contribution in [0.1, 0.15) is 247 Å². The van der Waals surface area contributed by atoms with Crippen LogP contribution in [0.3, 0.4) is 0 Å². The van der Waals surface area contributed by atoms with Crippen molar-refractivity contribution in [3.63, 3.8) is 0 Å². The summed E-state index contributed by atoms with van der Waals surface area (Å²) in [4.78, 5) is 26.9. The van der Waals surface area contributed by atoms with Crippen LogP contribution in [-0.4, -0.2) is 50.2 Å². The summed E-state index contributed by atoms with van der Waals surface area (Å²) in [5.74, 6) is 2.35. The van der Waals surface area contributed by atoms with E-state index < -0.39 is 0 Å². The van der Waals surface area contributed by atoms with Gasteiger partial charge in [-0.2, -0.15) is 0 Å². The molecule has 0 atom stereocenters. The molecular formula is C48H95NO4. The molecule has 0 bridgehead atoms. The quantitative estimate of drug-likeness (QED) is 0.0459. The van der Waals surface area contributed by atoms with Gasteiger partial charge in [-0.25, -0.2) is 0 Å². The van der Waals surface area contributed by atoms with Crippen LogP contribution >= 0.6 is 0 Å². The van der Waals surface area contributed by atoms with E-state index in [1.165, 1.54) is 167 Å². The fourth-order valence-corrected chi connectivity index (χ4v) is 7.83. The second-order valence-electron chi connectivity index (χ2n) is 16.9. The molecule has 0 amide bonds. The van der Waals surface area contributed by atoms with Crippen molar-refractivity contribution >= 4 is 11.9 Å².